The highest BCUT2D eigenvalue weighted by Gasteiger charge is 2.56. The van der Waals surface area contributed by atoms with Crippen LogP contribution in [0.5, 0.6) is 0 Å². The van der Waals surface area contributed by atoms with Gasteiger partial charge in [-0.25, -0.2) is 4.79 Å². The maximum absolute atomic E-state index is 13.4. The number of terminal acetylenes is 1. The Morgan fingerprint density at radius 2 is 1.30 bits per heavy atom. The third-order valence-electron chi connectivity index (χ3n) is 8.40. The van der Waals surface area contributed by atoms with E-state index in [0.29, 0.717) is 5.56 Å². The first-order valence-corrected chi connectivity index (χ1v) is 16.4. The number of nitrogens with zero attached hydrogens (tertiary/aromatic N) is 2. The minimum atomic E-state index is -2.18. The first-order valence-electron chi connectivity index (χ1n) is 13.4. The van der Waals surface area contributed by atoms with E-state index in [9.17, 15) is 4.79 Å². The van der Waals surface area contributed by atoms with E-state index in [1.54, 1.807) is 0 Å². The Balaban J connectivity index is 1.88. The van der Waals surface area contributed by atoms with Crippen LogP contribution in [0, 0.1) is 12.3 Å². The Bertz CT molecular complexity index is 1360. The summed E-state index contributed by atoms with van der Waals surface area (Å²) in [5, 5.41) is 2.63. The molecule has 2 aliphatic rings. The van der Waals surface area contributed by atoms with Gasteiger partial charge in [-0.05, 0) is 80.5 Å². The molecule has 0 N–H and O–H groups in total. The lowest BCUT2D eigenvalue weighted by molar-refractivity contribution is 0.0255. The van der Waals surface area contributed by atoms with Crippen molar-refractivity contribution in [2.24, 2.45) is 0 Å². The molecule has 0 amide bonds. The van der Waals surface area contributed by atoms with Gasteiger partial charge in [-0.2, -0.15) is 0 Å². The number of ether oxygens (including phenoxy) is 1. The van der Waals surface area contributed by atoms with Crippen molar-refractivity contribution in [1.82, 2.24) is 0 Å². The van der Waals surface area contributed by atoms with Crippen molar-refractivity contribution in [3.05, 3.63) is 82.4 Å². The number of anilines is 2. The Kier molecular flexibility index (Phi) is 6.20. The van der Waals surface area contributed by atoms with Crippen LogP contribution in [-0.4, -0.2) is 40.2 Å². The van der Waals surface area contributed by atoms with Crippen molar-refractivity contribution < 1.29 is 9.53 Å². The van der Waals surface area contributed by atoms with E-state index in [0.717, 1.165) is 48.4 Å². The first kappa shape index (κ1) is 25.2. The van der Waals surface area contributed by atoms with E-state index in [1.165, 1.54) is 21.7 Å². The molecule has 5 heteroatoms. The van der Waals surface area contributed by atoms with Gasteiger partial charge in [0.05, 0.1) is 5.56 Å². The maximum atomic E-state index is 13.4. The standard InChI is InChI=1S/C32H36N2O2Si/c1-8-22-13-16-25-28(19-22)32(36-31(25)35)26-17-14-23(33(9-2)10-3)20-29(26)37(6,7)30-21-24(15-18-27(30)32)34(11-4)12-5/h1,13-21H,9-12H2,2-7H3. The van der Waals surface area contributed by atoms with Crippen LogP contribution in [0.1, 0.15) is 60.3 Å². The van der Waals surface area contributed by atoms with E-state index in [4.69, 9.17) is 11.2 Å². The number of esters is 1. The normalized spacial score (nSPS) is 15.9. The second-order valence-corrected chi connectivity index (χ2v) is 14.7. The zero-order valence-electron chi connectivity index (χ0n) is 22.8. The molecule has 5 rings (SSSR count). The van der Waals surface area contributed by atoms with Crippen molar-refractivity contribution in [3.63, 3.8) is 0 Å². The second-order valence-electron chi connectivity index (χ2n) is 10.4. The molecule has 1 spiro atoms. The molecule has 0 unspecified atom stereocenters. The number of hydrogen-bond acceptors (Lipinski definition) is 4. The zero-order chi connectivity index (χ0) is 26.5. The summed E-state index contributed by atoms with van der Waals surface area (Å²) in [6.45, 7) is 17.4. The molecule has 2 aliphatic heterocycles. The fourth-order valence-electron chi connectivity index (χ4n) is 6.33. The largest absolute Gasteiger partial charge is 0.441 e. The van der Waals surface area contributed by atoms with Crippen molar-refractivity contribution in [3.8, 4) is 12.3 Å². The third kappa shape index (κ3) is 3.54. The van der Waals surface area contributed by atoms with Crippen molar-refractivity contribution in [2.75, 3.05) is 36.0 Å². The average Bonchev–Trinajstić information content (AvgIpc) is 3.21. The lowest BCUT2D eigenvalue weighted by Gasteiger charge is -2.44. The molecule has 0 radical (unpaired) electrons. The van der Waals surface area contributed by atoms with Gasteiger partial charge < -0.3 is 14.5 Å². The summed E-state index contributed by atoms with van der Waals surface area (Å²) in [7, 11) is -2.18. The van der Waals surface area contributed by atoms with Crippen molar-refractivity contribution in [2.45, 2.75) is 46.4 Å². The third-order valence-corrected chi connectivity index (χ3v) is 11.9. The lowest BCUT2D eigenvalue weighted by Crippen LogP contribution is -2.63. The highest BCUT2D eigenvalue weighted by atomic mass is 28.3. The predicted molar refractivity (Wildman–Crippen MR) is 156 cm³/mol. The van der Waals surface area contributed by atoms with Gasteiger partial charge in [-0.1, -0.05) is 31.1 Å². The molecular formula is C32H36N2O2Si. The average molecular weight is 509 g/mol. The Morgan fingerprint density at radius 1 is 0.784 bits per heavy atom. The Hall–Kier alpha value is -3.49. The van der Waals surface area contributed by atoms with E-state index in [2.05, 4.69) is 92.9 Å². The summed E-state index contributed by atoms with van der Waals surface area (Å²) in [4.78, 5) is 18.1. The van der Waals surface area contributed by atoms with Crippen LogP contribution in [-0.2, 0) is 10.3 Å². The second kappa shape index (κ2) is 9.11. The first-order chi connectivity index (χ1) is 17.8. The van der Waals surface area contributed by atoms with Crippen molar-refractivity contribution >= 4 is 35.8 Å². The molecular weight excluding hydrogens is 472 g/mol. The molecule has 3 aromatic carbocycles. The highest BCUT2D eigenvalue weighted by Crippen LogP contribution is 2.49. The van der Waals surface area contributed by atoms with Gasteiger partial charge in [0, 0.05) is 59.8 Å². The minimum Gasteiger partial charge on any atom is -0.441 e. The van der Waals surface area contributed by atoms with Crippen LogP contribution in [0.25, 0.3) is 0 Å². The summed E-state index contributed by atoms with van der Waals surface area (Å²) in [5.74, 6) is 2.47. The van der Waals surface area contributed by atoms with Gasteiger partial charge in [-0.15, -0.1) is 6.42 Å². The minimum absolute atomic E-state index is 0.294. The Morgan fingerprint density at radius 3 is 1.76 bits per heavy atom. The molecule has 0 bridgehead atoms. The van der Waals surface area contributed by atoms with E-state index in [-0.39, 0.29) is 5.97 Å². The Labute approximate surface area is 222 Å². The molecule has 3 aromatic rings. The molecule has 2 heterocycles. The van der Waals surface area contributed by atoms with E-state index >= 15 is 0 Å². The number of fused-ring (bicyclic) bond motifs is 6. The number of rotatable bonds is 6. The van der Waals surface area contributed by atoms with Gasteiger partial charge in [0.15, 0.2) is 5.60 Å². The molecule has 0 aromatic heterocycles. The SMILES string of the molecule is C#Cc1ccc2c(c1)C1(OC2=O)c2ccc(N(CC)CC)cc2[Si](C)(C)c2cc(N(CC)CC)ccc21. The molecule has 0 fully saturated rings. The van der Waals surface area contributed by atoms with Gasteiger partial charge in [-0.3, -0.25) is 0 Å². The topological polar surface area (TPSA) is 32.8 Å². The van der Waals surface area contributed by atoms with E-state index in [1.807, 2.05) is 18.2 Å². The van der Waals surface area contributed by atoms with Gasteiger partial charge in [0.1, 0.15) is 8.07 Å². The summed E-state index contributed by atoms with van der Waals surface area (Å²) < 4.78 is 6.50. The van der Waals surface area contributed by atoms with Crippen LogP contribution in [0.3, 0.4) is 0 Å². The number of hydrogen-bond donors (Lipinski definition) is 0. The molecule has 0 atom stereocenters. The van der Waals surface area contributed by atoms with E-state index < -0.39 is 13.7 Å². The monoisotopic (exact) mass is 508 g/mol. The van der Waals surface area contributed by atoms with Gasteiger partial charge >= 0.3 is 5.97 Å². The number of carbonyl (C=O) groups is 1. The van der Waals surface area contributed by atoms with Crippen LogP contribution in [0.4, 0.5) is 11.4 Å². The fraction of sp³-hybridized carbons (Fsp3) is 0.344. The smallest absolute Gasteiger partial charge is 0.340 e. The van der Waals surface area contributed by atoms with Gasteiger partial charge in [0.2, 0.25) is 0 Å². The number of carbonyl (C=O) groups excluding carboxylic acids is 1. The lowest BCUT2D eigenvalue weighted by atomic mass is 9.78. The molecule has 0 aliphatic carbocycles. The van der Waals surface area contributed by atoms with Gasteiger partial charge in [0.25, 0.3) is 0 Å². The summed E-state index contributed by atoms with van der Waals surface area (Å²) in [6.07, 6.45) is 5.82. The fourth-order valence-corrected chi connectivity index (χ4v) is 9.50. The summed E-state index contributed by atoms with van der Waals surface area (Å²) in [5.41, 5.74) is 5.77. The summed E-state index contributed by atoms with van der Waals surface area (Å²) >= 11 is 0. The molecule has 190 valence electrons. The molecule has 0 saturated carbocycles. The molecule has 0 saturated heterocycles. The maximum Gasteiger partial charge on any atom is 0.340 e. The zero-order valence-corrected chi connectivity index (χ0v) is 23.8. The van der Waals surface area contributed by atoms with Crippen LogP contribution >= 0.6 is 0 Å². The van der Waals surface area contributed by atoms with Crippen molar-refractivity contribution in [1.29, 1.82) is 0 Å². The summed E-state index contributed by atoms with van der Waals surface area (Å²) in [6, 6.07) is 19.1. The quantitative estimate of drug-likeness (QED) is 0.268. The van der Waals surface area contributed by atoms with Crippen LogP contribution < -0.4 is 20.2 Å². The molecule has 4 nitrogen and oxygen atoms in total. The molecule has 37 heavy (non-hydrogen) atoms. The highest BCUT2D eigenvalue weighted by molar-refractivity contribution is 7.01. The van der Waals surface area contributed by atoms with Crippen LogP contribution in [0.2, 0.25) is 13.1 Å². The van der Waals surface area contributed by atoms with Crippen LogP contribution in [0.15, 0.2) is 54.6 Å². The number of benzene rings is 3. The predicted octanol–water partition coefficient (Wildman–Crippen LogP) is 4.96.